The van der Waals surface area contributed by atoms with Gasteiger partial charge in [0.25, 0.3) is 0 Å². The van der Waals surface area contributed by atoms with Crippen LogP contribution in [-0.4, -0.2) is 18.7 Å². The molecule has 0 saturated carbocycles. The highest BCUT2D eigenvalue weighted by molar-refractivity contribution is 7.80. The molecule has 0 aromatic rings. The fraction of sp³-hybridized carbons (Fsp3) is 0.500. The van der Waals surface area contributed by atoms with E-state index in [0.29, 0.717) is 5.11 Å². The Kier molecular flexibility index (Phi) is 7.30. The summed E-state index contributed by atoms with van der Waals surface area (Å²) in [6.07, 6.45) is 7.42. The first kappa shape index (κ1) is 12.2. The van der Waals surface area contributed by atoms with Crippen LogP contribution >= 0.6 is 12.2 Å². The van der Waals surface area contributed by atoms with Crippen LogP contribution in [0.15, 0.2) is 23.8 Å². The molecule has 0 amide bonds. The minimum atomic E-state index is 0.682. The highest BCUT2D eigenvalue weighted by Crippen LogP contribution is 1.95. The maximum atomic E-state index is 4.91. The van der Waals surface area contributed by atoms with Crippen LogP contribution in [0.2, 0.25) is 0 Å². The summed E-state index contributed by atoms with van der Waals surface area (Å²) in [5.41, 5.74) is 1.29. The molecule has 0 radical (unpaired) electrons. The Morgan fingerprint density at radius 2 is 2.15 bits per heavy atom. The van der Waals surface area contributed by atoms with Crippen LogP contribution in [0.3, 0.4) is 0 Å². The maximum Gasteiger partial charge on any atom is 0.166 e. The van der Waals surface area contributed by atoms with E-state index in [1.165, 1.54) is 5.57 Å². The quantitative estimate of drug-likeness (QED) is 0.533. The Bertz CT molecular complexity index is 207. The Hall–Kier alpha value is -0.830. The van der Waals surface area contributed by atoms with Crippen LogP contribution in [0.25, 0.3) is 0 Å². The van der Waals surface area contributed by atoms with Gasteiger partial charge in [0.15, 0.2) is 5.11 Å². The van der Waals surface area contributed by atoms with E-state index in [9.17, 15) is 0 Å². The Morgan fingerprint density at radius 1 is 1.46 bits per heavy atom. The zero-order valence-corrected chi connectivity index (χ0v) is 9.37. The normalized spacial score (nSPS) is 11.8. The summed E-state index contributed by atoms with van der Waals surface area (Å²) in [5, 5.41) is 6.57. The van der Waals surface area contributed by atoms with E-state index < -0.39 is 0 Å². The van der Waals surface area contributed by atoms with Gasteiger partial charge >= 0.3 is 0 Å². The summed E-state index contributed by atoms with van der Waals surface area (Å²) in [6, 6.07) is 0. The predicted molar refractivity (Wildman–Crippen MR) is 62.8 cm³/mol. The van der Waals surface area contributed by atoms with E-state index in [2.05, 4.69) is 42.7 Å². The topological polar surface area (TPSA) is 24.1 Å². The molecule has 0 heterocycles. The summed E-state index contributed by atoms with van der Waals surface area (Å²) in [6.45, 7) is 5.00. The van der Waals surface area contributed by atoms with Gasteiger partial charge in [-0.25, -0.2) is 0 Å². The van der Waals surface area contributed by atoms with E-state index in [1.54, 1.807) is 7.05 Å². The van der Waals surface area contributed by atoms with Gasteiger partial charge in [-0.2, -0.15) is 0 Å². The zero-order chi connectivity index (χ0) is 10.1. The molecular weight excluding hydrogens is 180 g/mol. The van der Waals surface area contributed by atoms with Crippen LogP contribution < -0.4 is 10.6 Å². The lowest BCUT2D eigenvalue weighted by molar-refractivity contribution is 0.988. The average molecular weight is 198 g/mol. The van der Waals surface area contributed by atoms with Gasteiger partial charge in [-0.3, -0.25) is 0 Å². The molecule has 0 aromatic carbocycles. The molecule has 0 fully saturated rings. The van der Waals surface area contributed by atoms with Gasteiger partial charge in [0.2, 0.25) is 0 Å². The molecule has 74 valence electrons. The fourth-order valence-corrected chi connectivity index (χ4v) is 0.958. The van der Waals surface area contributed by atoms with Gasteiger partial charge in [0.05, 0.1) is 0 Å². The lowest BCUT2D eigenvalue weighted by atomic mass is 10.2. The molecule has 0 aliphatic heterocycles. The van der Waals surface area contributed by atoms with Crippen LogP contribution in [0.5, 0.6) is 0 Å². The average Bonchev–Trinajstić information content (AvgIpc) is 2.12. The highest BCUT2D eigenvalue weighted by atomic mass is 32.1. The van der Waals surface area contributed by atoms with Crippen molar-refractivity contribution in [3.63, 3.8) is 0 Å². The minimum Gasteiger partial charge on any atom is -0.366 e. The van der Waals surface area contributed by atoms with E-state index >= 15 is 0 Å². The standard InChI is InChI=1S/C10H18N2S/c1-4-6-9(2)7-5-8-12-10(13)11-3/h5-7H,4,8H2,1-3H3,(H2,11,12,13). The molecule has 0 rings (SSSR count). The van der Waals surface area contributed by atoms with Crippen molar-refractivity contribution in [3.05, 3.63) is 23.8 Å². The van der Waals surface area contributed by atoms with Crippen molar-refractivity contribution in [3.8, 4) is 0 Å². The Labute approximate surface area is 86.1 Å². The molecule has 0 aliphatic rings. The van der Waals surface area contributed by atoms with Gasteiger partial charge in [-0.05, 0) is 25.6 Å². The summed E-state index contributed by atoms with van der Waals surface area (Å²) in [5.74, 6) is 0. The Morgan fingerprint density at radius 3 is 2.69 bits per heavy atom. The van der Waals surface area contributed by atoms with Crippen molar-refractivity contribution in [2.24, 2.45) is 0 Å². The molecule has 0 aliphatic carbocycles. The SMILES string of the molecule is CCC=C(C)C=CCNC(=S)NC. The van der Waals surface area contributed by atoms with Gasteiger partial charge < -0.3 is 10.6 Å². The van der Waals surface area contributed by atoms with Crippen LogP contribution in [0, 0.1) is 0 Å². The summed E-state index contributed by atoms with van der Waals surface area (Å²) in [7, 11) is 1.81. The zero-order valence-electron chi connectivity index (χ0n) is 8.55. The molecule has 0 aromatic heterocycles. The smallest absolute Gasteiger partial charge is 0.166 e. The van der Waals surface area contributed by atoms with E-state index in [-0.39, 0.29) is 0 Å². The second kappa shape index (κ2) is 7.80. The molecule has 0 bridgehead atoms. The molecule has 0 atom stereocenters. The number of thiocarbonyl (C=S) groups is 1. The highest BCUT2D eigenvalue weighted by Gasteiger charge is 1.85. The number of rotatable bonds is 4. The van der Waals surface area contributed by atoms with Gasteiger partial charge in [0.1, 0.15) is 0 Å². The third-order valence-corrected chi connectivity index (χ3v) is 1.86. The molecule has 0 spiro atoms. The van der Waals surface area contributed by atoms with Crippen molar-refractivity contribution in [1.82, 2.24) is 10.6 Å². The molecule has 0 saturated heterocycles. The predicted octanol–water partition coefficient (Wildman–Crippen LogP) is 1.99. The van der Waals surface area contributed by atoms with Gasteiger partial charge in [-0.1, -0.05) is 30.7 Å². The number of allylic oxidation sites excluding steroid dienone is 3. The lowest BCUT2D eigenvalue weighted by Crippen LogP contribution is -2.32. The van der Waals surface area contributed by atoms with Crippen LogP contribution in [-0.2, 0) is 0 Å². The van der Waals surface area contributed by atoms with Crippen molar-refractivity contribution in [2.45, 2.75) is 20.3 Å². The van der Waals surface area contributed by atoms with Gasteiger partial charge in [-0.15, -0.1) is 0 Å². The monoisotopic (exact) mass is 198 g/mol. The molecule has 13 heavy (non-hydrogen) atoms. The van der Waals surface area contributed by atoms with Crippen LogP contribution in [0.4, 0.5) is 0 Å². The third-order valence-electron chi connectivity index (χ3n) is 1.51. The number of hydrogen-bond donors (Lipinski definition) is 2. The maximum absolute atomic E-state index is 4.91. The fourth-order valence-electron chi connectivity index (χ4n) is 0.875. The lowest BCUT2D eigenvalue weighted by Gasteiger charge is -2.02. The molecule has 2 N–H and O–H groups in total. The van der Waals surface area contributed by atoms with Crippen molar-refractivity contribution < 1.29 is 0 Å². The number of hydrogen-bond acceptors (Lipinski definition) is 1. The van der Waals surface area contributed by atoms with E-state index in [0.717, 1.165) is 13.0 Å². The first-order chi connectivity index (χ1) is 6.20. The van der Waals surface area contributed by atoms with Crippen molar-refractivity contribution in [2.75, 3.05) is 13.6 Å². The van der Waals surface area contributed by atoms with Crippen LogP contribution in [0.1, 0.15) is 20.3 Å². The minimum absolute atomic E-state index is 0.682. The molecule has 0 unspecified atom stereocenters. The van der Waals surface area contributed by atoms with Crippen molar-refractivity contribution >= 4 is 17.3 Å². The van der Waals surface area contributed by atoms with Crippen molar-refractivity contribution in [1.29, 1.82) is 0 Å². The summed E-state index contributed by atoms with van der Waals surface area (Å²) >= 11 is 4.91. The second-order valence-electron chi connectivity index (χ2n) is 2.72. The first-order valence-corrected chi connectivity index (χ1v) is 4.90. The van der Waals surface area contributed by atoms with E-state index in [1.807, 2.05) is 0 Å². The largest absolute Gasteiger partial charge is 0.366 e. The number of nitrogens with one attached hydrogen (secondary N) is 2. The van der Waals surface area contributed by atoms with E-state index in [4.69, 9.17) is 12.2 Å². The first-order valence-electron chi connectivity index (χ1n) is 4.49. The second-order valence-corrected chi connectivity index (χ2v) is 3.13. The molecular formula is C10H18N2S. The Balaban J connectivity index is 3.63. The third kappa shape index (κ3) is 7.53. The molecule has 3 heteroatoms. The van der Waals surface area contributed by atoms with Gasteiger partial charge in [0, 0.05) is 13.6 Å². The summed E-state index contributed by atoms with van der Waals surface area (Å²) in [4.78, 5) is 0. The molecule has 2 nitrogen and oxygen atoms in total. The summed E-state index contributed by atoms with van der Waals surface area (Å²) < 4.78 is 0.